The summed E-state index contributed by atoms with van der Waals surface area (Å²) in [7, 11) is 0. The van der Waals surface area contributed by atoms with Crippen molar-refractivity contribution in [3.05, 3.63) is 79.9 Å². The molecule has 2 aliphatic carbocycles. The molecule has 1 aliphatic heterocycles. The molecule has 3 aliphatic rings. The summed E-state index contributed by atoms with van der Waals surface area (Å²) in [4.78, 5) is 74.8. The van der Waals surface area contributed by atoms with Crippen molar-refractivity contribution in [2.45, 2.75) is 16.1 Å². The topological polar surface area (TPSA) is 161 Å². The van der Waals surface area contributed by atoms with E-state index in [2.05, 4.69) is 31.9 Å². The smallest absolute Gasteiger partial charge is 0.273 e. The molecule has 2 bridgehead atoms. The van der Waals surface area contributed by atoms with Gasteiger partial charge in [0.15, 0.2) is 5.78 Å². The van der Waals surface area contributed by atoms with Crippen molar-refractivity contribution in [1.82, 2.24) is 10.0 Å². The summed E-state index contributed by atoms with van der Waals surface area (Å²) in [6.07, 6.45) is 0.662. The van der Waals surface area contributed by atoms with E-state index in [1.165, 1.54) is 30.3 Å². The van der Waals surface area contributed by atoms with Gasteiger partial charge in [-0.25, -0.2) is 5.01 Å². The summed E-state index contributed by atoms with van der Waals surface area (Å²) >= 11 is 7.20. The van der Waals surface area contributed by atoms with Crippen LogP contribution in [0.2, 0.25) is 0 Å². The van der Waals surface area contributed by atoms with E-state index in [-0.39, 0.29) is 44.0 Å². The molecule has 14 heteroatoms. The third kappa shape index (κ3) is 4.11. The van der Waals surface area contributed by atoms with E-state index in [9.17, 15) is 39.4 Å². The molecule has 5 rings (SSSR count). The highest BCUT2D eigenvalue weighted by molar-refractivity contribution is 9.12. The molecule has 3 fully saturated rings. The fourth-order valence-electron chi connectivity index (χ4n) is 5.70. The van der Waals surface area contributed by atoms with Gasteiger partial charge < -0.3 is 0 Å². The molecule has 0 N–H and O–H groups in total. The van der Waals surface area contributed by atoms with Gasteiger partial charge in [-0.1, -0.05) is 44.0 Å². The van der Waals surface area contributed by atoms with E-state index < -0.39 is 51.7 Å². The minimum Gasteiger partial charge on any atom is -0.292 e. The summed E-state index contributed by atoms with van der Waals surface area (Å²) in [5.41, 5.74) is -0.775. The molecule has 0 aromatic heterocycles. The number of ketones is 1. The Morgan fingerprint density at radius 1 is 0.868 bits per heavy atom. The van der Waals surface area contributed by atoms with Crippen LogP contribution in [0, 0.1) is 43.9 Å². The van der Waals surface area contributed by atoms with Crippen molar-refractivity contribution in [1.29, 1.82) is 0 Å². The molecule has 196 valence electrons. The van der Waals surface area contributed by atoms with Crippen molar-refractivity contribution >= 4 is 66.7 Å². The number of nitro groups is 2. The van der Waals surface area contributed by atoms with Gasteiger partial charge in [0.25, 0.3) is 29.1 Å². The monoisotopic (exact) mass is 648 g/mol. The second-order valence-electron chi connectivity index (χ2n) is 9.39. The lowest BCUT2D eigenvalue weighted by Crippen LogP contribution is -2.52. The number of imide groups is 1. The van der Waals surface area contributed by atoms with E-state index in [0.717, 1.165) is 28.2 Å². The number of rotatable bonds is 7. The highest BCUT2D eigenvalue weighted by atomic mass is 79.9. The van der Waals surface area contributed by atoms with Gasteiger partial charge in [0, 0.05) is 45.0 Å². The Labute approximate surface area is 231 Å². The van der Waals surface area contributed by atoms with Crippen LogP contribution in [0.4, 0.5) is 11.4 Å². The molecule has 38 heavy (non-hydrogen) atoms. The van der Waals surface area contributed by atoms with Crippen molar-refractivity contribution < 1.29 is 29.0 Å². The van der Waals surface area contributed by atoms with Crippen LogP contribution in [-0.4, -0.2) is 59.6 Å². The van der Waals surface area contributed by atoms with E-state index in [1.54, 1.807) is 0 Å². The van der Waals surface area contributed by atoms with Gasteiger partial charge in [-0.15, -0.1) is 0 Å². The molecule has 2 aromatic rings. The molecule has 12 nitrogen and oxygen atoms in total. The van der Waals surface area contributed by atoms with Crippen LogP contribution in [0.5, 0.6) is 0 Å². The van der Waals surface area contributed by atoms with Gasteiger partial charge in [0.2, 0.25) is 0 Å². The fraction of sp³-hybridized carbons (Fsp3) is 0.333. The van der Waals surface area contributed by atoms with Crippen LogP contribution in [0.25, 0.3) is 0 Å². The maximum atomic E-state index is 13.6. The lowest BCUT2D eigenvalue weighted by atomic mass is 9.81. The molecule has 6 atom stereocenters. The standard InChI is InChI=1S/C24H18Br2N4O8/c25-20-15-9-16(21(20)26)19-18(15)23(33)28(24(19)34)27(22(32)11-4-6-13(7-5-11)29(35)36)10-17(31)12-2-1-3-14(8-12)30(37)38/h1-8,15-16,18-21H,9-10H2/t15-,16-,18-,19+,20+,21+/m1/s1. The summed E-state index contributed by atoms with van der Waals surface area (Å²) in [6.45, 7) is -0.751. The number of benzene rings is 2. The average molecular weight is 650 g/mol. The largest absolute Gasteiger partial charge is 0.292 e. The molecular formula is C24H18Br2N4O8. The Morgan fingerprint density at radius 2 is 1.42 bits per heavy atom. The predicted octanol–water partition coefficient (Wildman–Crippen LogP) is 3.52. The summed E-state index contributed by atoms with van der Waals surface area (Å²) in [5.74, 6) is -4.42. The summed E-state index contributed by atoms with van der Waals surface area (Å²) < 4.78 is 0. The lowest BCUT2D eigenvalue weighted by molar-refractivity contribution is -0.385. The van der Waals surface area contributed by atoms with Gasteiger partial charge in [-0.3, -0.25) is 39.4 Å². The third-order valence-electron chi connectivity index (χ3n) is 7.44. The van der Waals surface area contributed by atoms with Gasteiger partial charge in [-0.05, 0) is 30.4 Å². The molecular weight excluding hydrogens is 632 g/mol. The second-order valence-corrected chi connectivity index (χ2v) is 11.5. The van der Waals surface area contributed by atoms with E-state index in [4.69, 9.17) is 0 Å². The number of hydrogen-bond acceptors (Lipinski definition) is 8. The number of carbonyl (C=O) groups excluding carboxylic acids is 4. The van der Waals surface area contributed by atoms with Crippen molar-refractivity contribution in [3.63, 3.8) is 0 Å². The van der Waals surface area contributed by atoms with Crippen molar-refractivity contribution in [2.75, 3.05) is 6.54 Å². The normalized spacial score (nSPS) is 27.4. The number of nitrogens with zero attached hydrogens (tertiary/aromatic N) is 4. The first-order valence-electron chi connectivity index (χ1n) is 11.5. The minimum atomic E-state index is -0.890. The number of fused-ring (bicyclic) bond motifs is 5. The molecule has 3 amide bonds. The summed E-state index contributed by atoms with van der Waals surface area (Å²) in [5, 5.41) is 23.7. The molecule has 2 aromatic carbocycles. The van der Waals surface area contributed by atoms with Crippen LogP contribution in [-0.2, 0) is 9.59 Å². The molecule has 0 spiro atoms. The number of alkyl halides is 2. The Balaban J connectivity index is 1.51. The minimum absolute atomic E-state index is 0.0456. The number of amides is 3. The van der Waals surface area contributed by atoms with Crippen LogP contribution in [0.1, 0.15) is 27.1 Å². The van der Waals surface area contributed by atoms with E-state index >= 15 is 0 Å². The van der Waals surface area contributed by atoms with Gasteiger partial charge in [-0.2, -0.15) is 5.01 Å². The van der Waals surface area contributed by atoms with E-state index in [0.29, 0.717) is 6.42 Å². The first-order chi connectivity index (χ1) is 18.0. The average Bonchev–Trinajstić information content (AvgIpc) is 3.51. The third-order valence-corrected chi connectivity index (χ3v) is 10.6. The van der Waals surface area contributed by atoms with Crippen molar-refractivity contribution in [2.24, 2.45) is 23.7 Å². The molecule has 2 saturated carbocycles. The maximum Gasteiger partial charge on any atom is 0.273 e. The van der Waals surface area contributed by atoms with Gasteiger partial charge >= 0.3 is 0 Å². The van der Waals surface area contributed by atoms with Gasteiger partial charge in [0.05, 0.1) is 21.7 Å². The number of nitro benzene ring substituents is 2. The Bertz CT molecular complexity index is 1370. The maximum absolute atomic E-state index is 13.6. The predicted molar refractivity (Wildman–Crippen MR) is 137 cm³/mol. The molecule has 1 heterocycles. The number of halogens is 2. The first kappa shape index (κ1) is 26.1. The highest BCUT2D eigenvalue weighted by Crippen LogP contribution is 2.60. The van der Waals surface area contributed by atoms with Crippen LogP contribution in [0.15, 0.2) is 48.5 Å². The quantitative estimate of drug-likeness (QED) is 0.145. The second kappa shape index (κ2) is 9.66. The number of hydrogen-bond donors (Lipinski definition) is 0. The molecule has 0 radical (unpaired) electrons. The van der Waals surface area contributed by atoms with E-state index in [1.807, 2.05) is 0 Å². The van der Waals surface area contributed by atoms with Gasteiger partial charge in [0.1, 0.15) is 6.54 Å². The number of Topliss-reactive ketones (excluding diaryl/α,β-unsaturated/α-hetero) is 1. The molecule has 1 saturated heterocycles. The highest BCUT2D eigenvalue weighted by Gasteiger charge is 2.67. The molecule has 0 unspecified atom stereocenters. The van der Waals surface area contributed by atoms with Crippen LogP contribution in [0.3, 0.4) is 0 Å². The van der Waals surface area contributed by atoms with Crippen LogP contribution < -0.4 is 0 Å². The zero-order valence-electron chi connectivity index (χ0n) is 19.3. The zero-order chi connectivity index (χ0) is 27.5. The van der Waals surface area contributed by atoms with Crippen molar-refractivity contribution in [3.8, 4) is 0 Å². The number of hydrazine groups is 1. The zero-order valence-corrected chi connectivity index (χ0v) is 22.5. The number of carbonyl (C=O) groups is 4. The Morgan fingerprint density at radius 3 is 1.95 bits per heavy atom. The Hall–Kier alpha value is -3.52. The van der Waals surface area contributed by atoms with Crippen LogP contribution >= 0.6 is 31.9 Å². The first-order valence-corrected chi connectivity index (χ1v) is 13.3. The SMILES string of the molecule is O=C(CN(C(=O)c1ccc([N+](=O)[O-])cc1)N1C(=O)[C@@H]2[C@H]3C[C@@H]([C@H](Br)[C@H]3Br)[C@@H]2C1=O)c1cccc([N+](=O)[O-])c1. The number of non-ortho nitro benzene ring substituents is 2. The fourth-order valence-corrected chi connectivity index (χ4v) is 7.57. The Kier molecular flexibility index (Phi) is 6.63. The lowest BCUT2D eigenvalue weighted by Gasteiger charge is -2.30. The summed E-state index contributed by atoms with van der Waals surface area (Å²) in [6, 6.07) is 9.43.